The predicted molar refractivity (Wildman–Crippen MR) is 156 cm³/mol. The van der Waals surface area contributed by atoms with Crippen LogP contribution in [-0.4, -0.2) is 82.4 Å². The fraction of sp³-hybridized carbons (Fsp3) is 0.480. The number of nitrogens with zero attached hydrogens (tertiary/aromatic N) is 8. The van der Waals surface area contributed by atoms with Gasteiger partial charge in [0.25, 0.3) is 0 Å². The highest BCUT2D eigenvalue weighted by Crippen LogP contribution is 2.29. The molecule has 0 spiro atoms. The summed E-state index contributed by atoms with van der Waals surface area (Å²) in [4.78, 5) is 40.6. The number of halogens is 1. The zero-order valence-corrected chi connectivity index (χ0v) is 23.4. The molecule has 3 aliphatic heterocycles. The lowest BCUT2D eigenvalue weighted by atomic mass is 10.2. The zero-order valence-electron chi connectivity index (χ0n) is 21.1. The first-order chi connectivity index (χ1) is 18.6. The van der Waals surface area contributed by atoms with E-state index in [4.69, 9.17) is 26.6 Å². The van der Waals surface area contributed by atoms with Crippen molar-refractivity contribution < 1.29 is 4.79 Å². The van der Waals surface area contributed by atoms with E-state index in [1.807, 2.05) is 34.5 Å². The van der Waals surface area contributed by atoms with Crippen molar-refractivity contribution in [1.29, 1.82) is 0 Å². The number of hydrogen-bond acceptors (Lipinski definition) is 11. The number of anilines is 4. The maximum atomic E-state index is 12.9. The molecule has 3 aliphatic rings. The summed E-state index contributed by atoms with van der Waals surface area (Å²) in [5, 5.41) is 3.30. The molecule has 1 amide bonds. The molecule has 6 rings (SSSR count). The van der Waals surface area contributed by atoms with Gasteiger partial charge in [-0.1, -0.05) is 23.7 Å². The molecule has 0 unspecified atom stereocenters. The van der Waals surface area contributed by atoms with Crippen molar-refractivity contribution in [3.8, 4) is 11.3 Å². The van der Waals surface area contributed by atoms with Crippen LogP contribution in [0.1, 0.15) is 25.7 Å². The Labute approximate surface area is 235 Å². The van der Waals surface area contributed by atoms with Crippen LogP contribution < -0.4 is 19.4 Å². The smallest absolute Gasteiger partial charge is 0.302 e. The van der Waals surface area contributed by atoms with E-state index in [-0.39, 0.29) is 5.24 Å². The molecule has 3 saturated heterocycles. The number of benzene rings is 1. The third-order valence-electron chi connectivity index (χ3n) is 7.05. The standard InChI is InChI=1S/C25H30ClN9OS2/c26-19-7-5-6-18(16-19)20-17-37-24(27-20)31-38-25(36)35-14-12-34(13-15-35)23-29-21(32-8-1-2-9-32)28-22(30-23)33-10-3-4-11-33/h5-7,16-17H,1-4,8-15H2,(H,27,31). The maximum Gasteiger partial charge on any atom is 0.302 e. The monoisotopic (exact) mass is 571 g/mol. The van der Waals surface area contributed by atoms with Gasteiger partial charge in [-0.3, -0.25) is 9.52 Å². The first kappa shape index (κ1) is 25.4. The van der Waals surface area contributed by atoms with Crippen molar-refractivity contribution in [2.45, 2.75) is 25.7 Å². The number of rotatable bonds is 6. The molecule has 38 heavy (non-hydrogen) atoms. The Morgan fingerprint density at radius 2 is 1.39 bits per heavy atom. The van der Waals surface area contributed by atoms with Gasteiger partial charge < -0.3 is 19.6 Å². The minimum absolute atomic E-state index is 0.0182. The predicted octanol–water partition coefficient (Wildman–Crippen LogP) is 4.85. The van der Waals surface area contributed by atoms with Gasteiger partial charge in [0.05, 0.1) is 5.69 Å². The summed E-state index contributed by atoms with van der Waals surface area (Å²) >= 11 is 8.63. The first-order valence-electron chi connectivity index (χ1n) is 13.1. The second-order valence-electron chi connectivity index (χ2n) is 9.62. The zero-order chi connectivity index (χ0) is 25.9. The Kier molecular flexibility index (Phi) is 7.70. The summed E-state index contributed by atoms with van der Waals surface area (Å²) in [5.74, 6) is 2.29. The number of hydrogen-bond donors (Lipinski definition) is 1. The maximum absolute atomic E-state index is 12.9. The molecule has 1 aromatic carbocycles. The van der Waals surface area contributed by atoms with Crippen LogP contribution in [0.5, 0.6) is 0 Å². The molecule has 5 heterocycles. The van der Waals surface area contributed by atoms with Crippen LogP contribution >= 0.6 is 34.9 Å². The summed E-state index contributed by atoms with van der Waals surface area (Å²) in [6.45, 7) is 6.58. The van der Waals surface area contributed by atoms with E-state index in [2.05, 4.69) is 24.4 Å². The Hall–Kier alpha value is -2.83. The van der Waals surface area contributed by atoms with Gasteiger partial charge in [-0.15, -0.1) is 11.3 Å². The molecule has 3 fully saturated rings. The Morgan fingerprint density at radius 1 is 0.816 bits per heavy atom. The highest BCUT2D eigenvalue weighted by molar-refractivity contribution is 8.14. The number of piperazine rings is 1. The molecule has 0 aliphatic carbocycles. The summed E-state index contributed by atoms with van der Waals surface area (Å²) < 4.78 is 3.11. The van der Waals surface area contributed by atoms with Crippen LogP contribution in [-0.2, 0) is 0 Å². The third kappa shape index (κ3) is 5.76. The Bertz CT molecular complexity index is 1240. The lowest BCUT2D eigenvalue weighted by Crippen LogP contribution is -2.48. The van der Waals surface area contributed by atoms with Crippen LogP contribution in [0, 0.1) is 0 Å². The topological polar surface area (TPSA) is 93.6 Å². The van der Waals surface area contributed by atoms with Gasteiger partial charge >= 0.3 is 5.24 Å². The second-order valence-corrected chi connectivity index (χ2v) is 11.7. The summed E-state index contributed by atoms with van der Waals surface area (Å²) in [7, 11) is 0. The molecule has 13 heteroatoms. The van der Waals surface area contributed by atoms with Crippen LogP contribution in [0.25, 0.3) is 11.3 Å². The minimum Gasteiger partial charge on any atom is -0.341 e. The molecule has 10 nitrogen and oxygen atoms in total. The lowest BCUT2D eigenvalue weighted by Gasteiger charge is -2.35. The summed E-state index contributed by atoms with van der Waals surface area (Å²) in [6.07, 6.45) is 4.70. The quantitative estimate of drug-likeness (QED) is 0.414. The molecule has 0 saturated carbocycles. The molecule has 0 bridgehead atoms. The van der Waals surface area contributed by atoms with Crippen molar-refractivity contribution in [2.24, 2.45) is 0 Å². The first-order valence-corrected chi connectivity index (χ1v) is 15.1. The van der Waals surface area contributed by atoms with Crippen LogP contribution in [0.3, 0.4) is 0 Å². The summed E-state index contributed by atoms with van der Waals surface area (Å²) in [5.41, 5.74) is 1.79. The molecule has 3 aromatic rings. The molecule has 2 aromatic heterocycles. The number of aromatic nitrogens is 4. The van der Waals surface area contributed by atoms with Gasteiger partial charge in [0.2, 0.25) is 17.8 Å². The van der Waals surface area contributed by atoms with Gasteiger partial charge in [0, 0.05) is 80.3 Å². The third-order valence-corrected chi connectivity index (χ3v) is 8.90. The van der Waals surface area contributed by atoms with Gasteiger partial charge in [-0.2, -0.15) is 15.0 Å². The fourth-order valence-electron chi connectivity index (χ4n) is 4.94. The van der Waals surface area contributed by atoms with Crippen molar-refractivity contribution in [3.63, 3.8) is 0 Å². The number of nitrogens with one attached hydrogen (secondary N) is 1. The van der Waals surface area contributed by atoms with Crippen molar-refractivity contribution in [3.05, 3.63) is 34.7 Å². The van der Waals surface area contributed by atoms with E-state index in [1.165, 1.54) is 37.0 Å². The van der Waals surface area contributed by atoms with Crippen LogP contribution in [0.2, 0.25) is 5.02 Å². The Balaban J connectivity index is 1.06. The molecule has 200 valence electrons. The summed E-state index contributed by atoms with van der Waals surface area (Å²) in [6, 6.07) is 7.59. The second kappa shape index (κ2) is 11.5. The van der Waals surface area contributed by atoms with Crippen LogP contribution in [0.15, 0.2) is 29.6 Å². The number of carbonyl (C=O) groups excluding carboxylic acids is 1. The van der Waals surface area contributed by atoms with Gasteiger partial charge in [0.1, 0.15) is 0 Å². The van der Waals surface area contributed by atoms with Crippen molar-refractivity contribution in [2.75, 3.05) is 71.8 Å². The van der Waals surface area contributed by atoms with E-state index in [0.717, 1.165) is 67.2 Å². The number of thiazole rings is 1. The molecule has 0 radical (unpaired) electrons. The van der Waals surface area contributed by atoms with Crippen LogP contribution in [0.4, 0.5) is 27.8 Å². The Morgan fingerprint density at radius 3 is 1.97 bits per heavy atom. The van der Waals surface area contributed by atoms with E-state index in [0.29, 0.717) is 36.3 Å². The minimum atomic E-state index is -0.0182. The average molecular weight is 572 g/mol. The fourth-order valence-corrected chi connectivity index (χ4v) is 6.55. The van der Waals surface area contributed by atoms with E-state index < -0.39 is 0 Å². The van der Waals surface area contributed by atoms with E-state index in [1.54, 1.807) is 0 Å². The van der Waals surface area contributed by atoms with Gasteiger partial charge in [-0.25, -0.2) is 4.98 Å². The number of carbonyl (C=O) groups is 1. The lowest BCUT2D eigenvalue weighted by molar-refractivity contribution is 0.219. The largest absolute Gasteiger partial charge is 0.341 e. The molecular weight excluding hydrogens is 542 g/mol. The molecule has 1 N–H and O–H groups in total. The molecular formula is C25H30ClN9OS2. The normalized spacial score (nSPS) is 17.9. The SMILES string of the molecule is O=C(SNc1nc(-c2cccc(Cl)c2)cs1)N1CCN(c2nc(N3CCCC3)nc(N3CCCC3)n2)CC1. The van der Waals surface area contributed by atoms with Gasteiger partial charge in [0.15, 0.2) is 5.13 Å². The average Bonchev–Trinajstić information content (AvgIpc) is 3.75. The highest BCUT2D eigenvalue weighted by atomic mass is 35.5. The number of amides is 1. The van der Waals surface area contributed by atoms with Crippen molar-refractivity contribution in [1.82, 2.24) is 24.8 Å². The van der Waals surface area contributed by atoms with Gasteiger partial charge in [-0.05, 0) is 37.8 Å². The highest BCUT2D eigenvalue weighted by Gasteiger charge is 2.27. The van der Waals surface area contributed by atoms with Crippen molar-refractivity contribution >= 4 is 63.1 Å². The molecule has 0 atom stereocenters. The van der Waals surface area contributed by atoms with E-state index in [9.17, 15) is 4.79 Å². The van der Waals surface area contributed by atoms with E-state index >= 15 is 0 Å².